The molecular formula is C21H29N3O4S. The van der Waals surface area contributed by atoms with Crippen molar-refractivity contribution in [1.29, 1.82) is 0 Å². The van der Waals surface area contributed by atoms with Gasteiger partial charge in [-0.05, 0) is 49.7 Å². The maximum absolute atomic E-state index is 12.5. The highest BCUT2D eigenvalue weighted by Gasteiger charge is 2.17. The minimum atomic E-state index is -0.405. The van der Waals surface area contributed by atoms with Crippen molar-refractivity contribution in [2.75, 3.05) is 11.9 Å². The van der Waals surface area contributed by atoms with Crippen LogP contribution in [0.2, 0.25) is 0 Å². The van der Waals surface area contributed by atoms with Gasteiger partial charge in [0.1, 0.15) is 0 Å². The second-order valence-electron chi connectivity index (χ2n) is 7.11. The lowest BCUT2D eigenvalue weighted by atomic mass is 9.95. The smallest absolute Gasteiger partial charge is 0.306 e. The summed E-state index contributed by atoms with van der Waals surface area (Å²) >= 11 is 5.14. The van der Waals surface area contributed by atoms with Gasteiger partial charge in [-0.15, -0.1) is 0 Å². The molecule has 8 heteroatoms. The standard InChI is InChI=1S/C21H29N3O4S/c1-2-13-28-19(26)12-11-18(25)24-21(29)23-17-10-6-7-15(14-17)20(27)22-16-8-4-3-5-9-16/h6-7,10,14,16H,2-5,8-9,11-13H2,1H3,(H,22,27)(H2,23,24,25,29). The number of rotatable bonds is 8. The molecule has 29 heavy (non-hydrogen) atoms. The van der Waals surface area contributed by atoms with Crippen LogP contribution in [0.5, 0.6) is 0 Å². The van der Waals surface area contributed by atoms with E-state index in [-0.39, 0.29) is 35.8 Å². The summed E-state index contributed by atoms with van der Waals surface area (Å²) in [4.78, 5) is 35.8. The van der Waals surface area contributed by atoms with Gasteiger partial charge in [0.2, 0.25) is 5.91 Å². The average Bonchev–Trinajstić information content (AvgIpc) is 2.71. The lowest BCUT2D eigenvalue weighted by Crippen LogP contribution is -2.36. The number of benzene rings is 1. The summed E-state index contributed by atoms with van der Waals surface area (Å²) in [5, 5.41) is 8.61. The fourth-order valence-electron chi connectivity index (χ4n) is 3.11. The molecule has 3 N–H and O–H groups in total. The van der Waals surface area contributed by atoms with E-state index in [1.807, 2.05) is 6.92 Å². The molecule has 1 aromatic carbocycles. The van der Waals surface area contributed by atoms with Crippen molar-refractivity contribution in [2.45, 2.75) is 64.3 Å². The van der Waals surface area contributed by atoms with Crippen LogP contribution in [0, 0.1) is 0 Å². The third-order valence-electron chi connectivity index (χ3n) is 4.60. The van der Waals surface area contributed by atoms with E-state index in [1.54, 1.807) is 24.3 Å². The molecule has 0 unspecified atom stereocenters. The molecule has 1 saturated carbocycles. The van der Waals surface area contributed by atoms with Crippen LogP contribution in [0.25, 0.3) is 0 Å². The molecule has 0 aromatic heterocycles. The Balaban J connectivity index is 1.79. The number of anilines is 1. The van der Waals surface area contributed by atoms with E-state index >= 15 is 0 Å². The van der Waals surface area contributed by atoms with Gasteiger partial charge in [-0.1, -0.05) is 32.3 Å². The number of amides is 2. The highest BCUT2D eigenvalue weighted by atomic mass is 32.1. The molecule has 1 aliphatic carbocycles. The minimum absolute atomic E-state index is 0.00523. The van der Waals surface area contributed by atoms with E-state index in [0.29, 0.717) is 17.9 Å². The number of hydrogen-bond acceptors (Lipinski definition) is 5. The molecule has 0 aliphatic heterocycles. The van der Waals surface area contributed by atoms with E-state index in [0.717, 1.165) is 32.1 Å². The lowest BCUT2D eigenvalue weighted by Gasteiger charge is -2.22. The number of thiocarbonyl (C=S) groups is 1. The summed E-state index contributed by atoms with van der Waals surface area (Å²) in [5.74, 6) is -0.888. The highest BCUT2D eigenvalue weighted by Crippen LogP contribution is 2.18. The molecule has 0 saturated heterocycles. The molecule has 1 aromatic rings. The zero-order valence-electron chi connectivity index (χ0n) is 16.8. The fourth-order valence-corrected chi connectivity index (χ4v) is 3.34. The molecule has 0 spiro atoms. The van der Waals surface area contributed by atoms with Crippen molar-refractivity contribution in [3.63, 3.8) is 0 Å². The van der Waals surface area contributed by atoms with Gasteiger partial charge < -0.3 is 20.7 Å². The predicted octanol–water partition coefficient (Wildman–Crippen LogP) is 3.30. The van der Waals surface area contributed by atoms with Gasteiger partial charge in [0.15, 0.2) is 5.11 Å². The summed E-state index contributed by atoms with van der Waals surface area (Å²) in [6, 6.07) is 7.19. The van der Waals surface area contributed by atoms with Crippen LogP contribution in [-0.2, 0) is 14.3 Å². The number of carbonyl (C=O) groups is 3. The predicted molar refractivity (Wildman–Crippen MR) is 116 cm³/mol. The fraction of sp³-hybridized carbons (Fsp3) is 0.524. The van der Waals surface area contributed by atoms with E-state index in [4.69, 9.17) is 17.0 Å². The Morgan fingerprint density at radius 2 is 1.90 bits per heavy atom. The third-order valence-corrected chi connectivity index (χ3v) is 4.80. The highest BCUT2D eigenvalue weighted by molar-refractivity contribution is 7.80. The molecule has 0 bridgehead atoms. The van der Waals surface area contributed by atoms with Crippen molar-refractivity contribution in [2.24, 2.45) is 0 Å². The summed E-state index contributed by atoms with van der Waals surface area (Å²) in [6.45, 7) is 2.25. The molecule has 2 amide bonds. The molecular weight excluding hydrogens is 390 g/mol. The van der Waals surface area contributed by atoms with Crippen LogP contribution >= 0.6 is 12.2 Å². The van der Waals surface area contributed by atoms with Crippen LogP contribution in [-0.4, -0.2) is 35.5 Å². The van der Waals surface area contributed by atoms with Gasteiger partial charge in [0.05, 0.1) is 13.0 Å². The Hall–Kier alpha value is -2.48. The molecule has 1 aliphatic rings. The maximum Gasteiger partial charge on any atom is 0.306 e. The number of hydrogen-bond donors (Lipinski definition) is 3. The van der Waals surface area contributed by atoms with Crippen molar-refractivity contribution in [3.8, 4) is 0 Å². The van der Waals surface area contributed by atoms with Gasteiger partial charge in [0, 0.05) is 23.7 Å². The first-order valence-electron chi connectivity index (χ1n) is 10.2. The zero-order chi connectivity index (χ0) is 21.1. The maximum atomic E-state index is 12.5. The number of ether oxygens (including phenoxy) is 1. The SMILES string of the molecule is CCCOC(=O)CCC(=O)NC(=S)Nc1cccc(C(=O)NC2CCCCC2)c1. The average molecular weight is 420 g/mol. The number of carbonyl (C=O) groups excluding carboxylic acids is 3. The Labute approximate surface area is 177 Å². The van der Waals surface area contributed by atoms with Crippen LogP contribution < -0.4 is 16.0 Å². The zero-order valence-corrected chi connectivity index (χ0v) is 17.6. The summed E-state index contributed by atoms with van der Waals surface area (Å²) in [5.41, 5.74) is 1.14. The van der Waals surface area contributed by atoms with Gasteiger partial charge >= 0.3 is 5.97 Å². The summed E-state index contributed by atoms with van der Waals surface area (Å²) in [7, 11) is 0. The van der Waals surface area contributed by atoms with Crippen LogP contribution in [0.1, 0.15) is 68.6 Å². The minimum Gasteiger partial charge on any atom is -0.466 e. The van der Waals surface area contributed by atoms with E-state index < -0.39 is 5.97 Å². The monoisotopic (exact) mass is 419 g/mol. The third kappa shape index (κ3) is 8.60. The first-order valence-corrected chi connectivity index (χ1v) is 10.6. The van der Waals surface area contributed by atoms with Gasteiger partial charge in [0.25, 0.3) is 5.91 Å². The van der Waals surface area contributed by atoms with Crippen molar-refractivity contribution < 1.29 is 19.1 Å². The number of esters is 1. The topological polar surface area (TPSA) is 96.5 Å². The Bertz CT molecular complexity index is 732. The molecule has 0 heterocycles. The molecule has 0 radical (unpaired) electrons. The van der Waals surface area contributed by atoms with E-state index in [1.165, 1.54) is 6.42 Å². The van der Waals surface area contributed by atoms with Gasteiger partial charge in [-0.2, -0.15) is 0 Å². The first-order chi connectivity index (χ1) is 14.0. The second-order valence-corrected chi connectivity index (χ2v) is 7.52. The van der Waals surface area contributed by atoms with Gasteiger partial charge in [-0.3, -0.25) is 14.4 Å². The Morgan fingerprint density at radius 3 is 2.62 bits per heavy atom. The van der Waals surface area contributed by atoms with E-state index in [9.17, 15) is 14.4 Å². The molecule has 7 nitrogen and oxygen atoms in total. The summed E-state index contributed by atoms with van der Waals surface area (Å²) < 4.78 is 4.93. The molecule has 0 atom stereocenters. The normalized spacial score (nSPS) is 14.0. The van der Waals surface area contributed by atoms with Crippen LogP contribution in [0.4, 0.5) is 5.69 Å². The Kier molecular flexibility index (Phi) is 9.56. The van der Waals surface area contributed by atoms with Crippen LogP contribution in [0.3, 0.4) is 0 Å². The Morgan fingerprint density at radius 1 is 1.14 bits per heavy atom. The van der Waals surface area contributed by atoms with Crippen molar-refractivity contribution >= 4 is 40.8 Å². The molecule has 2 rings (SSSR count). The van der Waals surface area contributed by atoms with Crippen LogP contribution in [0.15, 0.2) is 24.3 Å². The first kappa shape index (κ1) is 22.8. The molecule has 1 fully saturated rings. The number of nitrogens with one attached hydrogen (secondary N) is 3. The second kappa shape index (κ2) is 12.2. The van der Waals surface area contributed by atoms with Crippen molar-refractivity contribution in [1.82, 2.24) is 10.6 Å². The largest absolute Gasteiger partial charge is 0.466 e. The van der Waals surface area contributed by atoms with Gasteiger partial charge in [-0.25, -0.2) is 0 Å². The molecule has 158 valence electrons. The lowest BCUT2D eigenvalue weighted by molar-refractivity contribution is -0.144. The summed E-state index contributed by atoms with van der Waals surface area (Å²) in [6.07, 6.45) is 6.31. The van der Waals surface area contributed by atoms with Crippen molar-refractivity contribution in [3.05, 3.63) is 29.8 Å². The quantitative estimate of drug-likeness (QED) is 0.442. The van der Waals surface area contributed by atoms with E-state index in [2.05, 4.69) is 16.0 Å².